The molecule has 0 saturated carbocycles. The van der Waals surface area contributed by atoms with Crippen LogP contribution in [0.5, 0.6) is 0 Å². The second-order valence-corrected chi connectivity index (χ2v) is 4.54. The zero-order chi connectivity index (χ0) is 12.8. The molecule has 1 atom stereocenters. The Morgan fingerprint density at radius 1 is 1.33 bits per heavy atom. The van der Waals surface area contributed by atoms with Crippen molar-refractivity contribution < 1.29 is 9.53 Å². The Bertz CT molecular complexity index is 383. The lowest BCUT2D eigenvalue weighted by molar-refractivity contribution is -0.115. The summed E-state index contributed by atoms with van der Waals surface area (Å²) in [5.41, 5.74) is 1.91. The van der Waals surface area contributed by atoms with Crippen LogP contribution in [-0.4, -0.2) is 25.2 Å². The Labute approximate surface area is 108 Å². The van der Waals surface area contributed by atoms with E-state index in [1.54, 1.807) is 0 Å². The first-order valence-corrected chi connectivity index (χ1v) is 6.52. The predicted molar refractivity (Wildman–Crippen MR) is 72.8 cm³/mol. The first kappa shape index (κ1) is 12.9. The first-order chi connectivity index (χ1) is 8.78. The van der Waals surface area contributed by atoms with Gasteiger partial charge in [0.1, 0.15) is 0 Å². The fraction of sp³-hybridized carbons (Fsp3) is 0.500. The van der Waals surface area contributed by atoms with Gasteiger partial charge in [0.05, 0.1) is 6.61 Å². The van der Waals surface area contributed by atoms with Gasteiger partial charge >= 0.3 is 0 Å². The Hall–Kier alpha value is -1.55. The molecule has 4 heteroatoms. The Morgan fingerprint density at radius 2 is 2.06 bits per heavy atom. The molecule has 2 rings (SSSR count). The molecular formula is C14H20N2O2. The number of hydrogen-bond acceptors (Lipinski definition) is 3. The van der Waals surface area contributed by atoms with Crippen LogP contribution in [0.1, 0.15) is 26.2 Å². The highest BCUT2D eigenvalue weighted by Crippen LogP contribution is 2.17. The highest BCUT2D eigenvalue weighted by Gasteiger charge is 2.13. The van der Waals surface area contributed by atoms with Gasteiger partial charge in [0.25, 0.3) is 0 Å². The molecule has 0 radical (unpaired) electrons. The Kier molecular flexibility index (Phi) is 4.59. The second-order valence-electron chi connectivity index (χ2n) is 4.54. The summed E-state index contributed by atoms with van der Waals surface area (Å²) in [6, 6.07) is 8.20. The highest BCUT2D eigenvalue weighted by atomic mass is 16.5. The molecule has 1 aromatic rings. The summed E-state index contributed by atoms with van der Waals surface area (Å²) in [6.45, 7) is 3.49. The van der Waals surface area contributed by atoms with Crippen LogP contribution in [0.25, 0.3) is 0 Å². The van der Waals surface area contributed by atoms with Crippen LogP contribution < -0.4 is 10.6 Å². The Balaban J connectivity index is 1.88. The van der Waals surface area contributed by atoms with Crippen LogP contribution in [0.15, 0.2) is 24.3 Å². The van der Waals surface area contributed by atoms with Crippen LogP contribution in [0.4, 0.5) is 11.4 Å². The molecule has 98 valence electrons. The molecular weight excluding hydrogens is 228 g/mol. The smallest absolute Gasteiger partial charge is 0.224 e. The van der Waals surface area contributed by atoms with Crippen molar-refractivity contribution in [3.05, 3.63) is 24.3 Å². The molecule has 1 heterocycles. The van der Waals surface area contributed by atoms with E-state index in [2.05, 4.69) is 10.6 Å². The lowest BCUT2D eigenvalue weighted by atomic mass is 10.1. The number of rotatable bonds is 4. The van der Waals surface area contributed by atoms with Gasteiger partial charge in [0.2, 0.25) is 5.91 Å². The zero-order valence-corrected chi connectivity index (χ0v) is 10.7. The van der Waals surface area contributed by atoms with Crippen molar-refractivity contribution in [3.8, 4) is 0 Å². The van der Waals surface area contributed by atoms with Gasteiger partial charge < -0.3 is 15.4 Å². The largest absolute Gasteiger partial charge is 0.380 e. The summed E-state index contributed by atoms with van der Waals surface area (Å²) in [6.07, 6.45) is 2.76. The zero-order valence-electron chi connectivity index (χ0n) is 10.7. The maximum atomic E-state index is 11.2. The van der Waals surface area contributed by atoms with E-state index in [0.29, 0.717) is 12.5 Å². The van der Waals surface area contributed by atoms with Gasteiger partial charge in [-0.25, -0.2) is 0 Å². The van der Waals surface area contributed by atoms with Gasteiger partial charge in [-0.3, -0.25) is 4.79 Å². The monoisotopic (exact) mass is 248 g/mol. The van der Waals surface area contributed by atoms with Gasteiger partial charge in [-0.1, -0.05) is 6.92 Å². The third-order valence-corrected chi connectivity index (χ3v) is 3.02. The van der Waals surface area contributed by atoms with E-state index in [9.17, 15) is 4.79 Å². The van der Waals surface area contributed by atoms with E-state index in [-0.39, 0.29) is 5.91 Å². The predicted octanol–water partition coefficient (Wildman–Crippen LogP) is 2.63. The molecule has 0 aliphatic carbocycles. The van der Waals surface area contributed by atoms with E-state index >= 15 is 0 Å². The molecule has 1 saturated heterocycles. The lowest BCUT2D eigenvalue weighted by Crippen LogP contribution is -2.29. The quantitative estimate of drug-likeness (QED) is 0.861. The molecule has 1 aromatic carbocycles. The standard InChI is InChI=1S/C14H20N2O2/c1-2-14(17)16-12-7-5-11(6-8-12)15-13-4-3-9-18-10-13/h5-8,13,15H,2-4,9-10H2,1H3,(H,16,17). The minimum absolute atomic E-state index is 0.0383. The van der Waals surface area contributed by atoms with Gasteiger partial charge in [-0.15, -0.1) is 0 Å². The minimum Gasteiger partial charge on any atom is -0.380 e. The second kappa shape index (κ2) is 6.40. The fourth-order valence-corrected chi connectivity index (χ4v) is 1.99. The number of carbonyl (C=O) groups is 1. The molecule has 18 heavy (non-hydrogen) atoms. The number of amides is 1. The van der Waals surface area contributed by atoms with Crippen LogP contribution >= 0.6 is 0 Å². The molecule has 4 nitrogen and oxygen atoms in total. The molecule has 1 unspecified atom stereocenters. The summed E-state index contributed by atoms with van der Waals surface area (Å²) in [7, 11) is 0. The highest BCUT2D eigenvalue weighted by molar-refractivity contribution is 5.90. The summed E-state index contributed by atoms with van der Waals surface area (Å²) < 4.78 is 5.43. The van der Waals surface area contributed by atoms with Crippen LogP contribution in [0.2, 0.25) is 0 Å². The van der Waals surface area contributed by atoms with Crippen molar-refractivity contribution in [2.24, 2.45) is 0 Å². The maximum absolute atomic E-state index is 11.2. The summed E-state index contributed by atoms with van der Waals surface area (Å²) >= 11 is 0. The third-order valence-electron chi connectivity index (χ3n) is 3.02. The van der Waals surface area contributed by atoms with Crippen molar-refractivity contribution in [2.75, 3.05) is 23.8 Å². The van der Waals surface area contributed by atoms with Gasteiger partial charge in [-0.05, 0) is 37.1 Å². The molecule has 1 amide bonds. The molecule has 0 aromatic heterocycles. The summed E-state index contributed by atoms with van der Waals surface area (Å²) in [4.78, 5) is 11.2. The van der Waals surface area contributed by atoms with Gasteiger partial charge in [-0.2, -0.15) is 0 Å². The first-order valence-electron chi connectivity index (χ1n) is 6.52. The lowest BCUT2D eigenvalue weighted by Gasteiger charge is -2.24. The SMILES string of the molecule is CCC(=O)Nc1ccc(NC2CCCOC2)cc1. The summed E-state index contributed by atoms with van der Waals surface area (Å²) in [5, 5.41) is 6.27. The van der Waals surface area contributed by atoms with Crippen LogP contribution in [0, 0.1) is 0 Å². The van der Waals surface area contributed by atoms with Gasteiger partial charge in [0.15, 0.2) is 0 Å². The topological polar surface area (TPSA) is 50.4 Å². The number of nitrogens with one attached hydrogen (secondary N) is 2. The third kappa shape index (κ3) is 3.74. The van der Waals surface area contributed by atoms with Crippen molar-refractivity contribution >= 4 is 17.3 Å². The average molecular weight is 248 g/mol. The van der Waals surface area contributed by atoms with Crippen molar-refractivity contribution in [2.45, 2.75) is 32.2 Å². The number of carbonyl (C=O) groups excluding carboxylic acids is 1. The van der Waals surface area contributed by atoms with E-state index in [1.807, 2.05) is 31.2 Å². The molecule has 0 bridgehead atoms. The maximum Gasteiger partial charge on any atom is 0.224 e. The van der Waals surface area contributed by atoms with Crippen LogP contribution in [0.3, 0.4) is 0 Å². The molecule has 1 aliphatic heterocycles. The molecule has 1 aliphatic rings. The summed E-state index contributed by atoms with van der Waals surface area (Å²) in [5.74, 6) is 0.0383. The van der Waals surface area contributed by atoms with Gasteiger partial charge in [0, 0.05) is 30.4 Å². The number of anilines is 2. The Morgan fingerprint density at radius 3 is 2.67 bits per heavy atom. The fourth-order valence-electron chi connectivity index (χ4n) is 1.99. The molecule has 2 N–H and O–H groups in total. The van der Waals surface area contributed by atoms with E-state index in [4.69, 9.17) is 4.74 Å². The van der Waals surface area contributed by atoms with E-state index in [0.717, 1.165) is 37.4 Å². The molecule has 0 spiro atoms. The number of ether oxygens (including phenoxy) is 1. The average Bonchev–Trinajstić information content (AvgIpc) is 2.42. The molecule has 1 fully saturated rings. The number of benzene rings is 1. The van der Waals surface area contributed by atoms with E-state index < -0.39 is 0 Å². The van der Waals surface area contributed by atoms with Crippen molar-refractivity contribution in [1.29, 1.82) is 0 Å². The van der Waals surface area contributed by atoms with E-state index in [1.165, 1.54) is 0 Å². The van der Waals surface area contributed by atoms with Crippen LogP contribution in [-0.2, 0) is 9.53 Å². The van der Waals surface area contributed by atoms with Crippen molar-refractivity contribution in [3.63, 3.8) is 0 Å². The number of hydrogen-bond donors (Lipinski definition) is 2. The van der Waals surface area contributed by atoms with Crippen molar-refractivity contribution in [1.82, 2.24) is 0 Å². The minimum atomic E-state index is 0.0383. The normalized spacial score (nSPS) is 19.3.